The van der Waals surface area contributed by atoms with E-state index in [9.17, 15) is 4.39 Å². The smallest absolute Gasteiger partial charge is 0.124 e. The molecule has 6 heteroatoms. The predicted octanol–water partition coefficient (Wildman–Crippen LogP) is 4.85. The van der Waals surface area contributed by atoms with Gasteiger partial charge in [0.2, 0.25) is 0 Å². The van der Waals surface area contributed by atoms with E-state index < -0.39 is 0 Å². The van der Waals surface area contributed by atoms with E-state index >= 15 is 0 Å². The van der Waals surface area contributed by atoms with Crippen LogP contribution in [0.1, 0.15) is 0 Å². The lowest BCUT2D eigenvalue weighted by Gasteiger charge is -2.05. The van der Waals surface area contributed by atoms with Gasteiger partial charge in [-0.15, -0.1) is 0 Å². The summed E-state index contributed by atoms with van der Waals surface area (Å²) in [6.07, 6.45) is 5.42. The molecule has 0 bridgehead atoms. The molecule has 0 aliphatic rings. The fourth-order valence-electron chi connectivity index (χ4n) is 3.43. The third-order valence-corrected chi connectivity index (χ3v) is 4.78. The molecule has 0 spiro atoms. The molecular formula is C23H16FN5. The summed E-state index contributed by atoms with van der Waals surface area (Å²) in [7, 11) is 0. The molecule has 5 nitrogen and oxygen atoms in total. The van der Waals surface area contributed by atoms with Gasteiger partial charge in [-0.2, -0.15) is 5.10 Å². The van der Waals surface area contributed by atoms with Crippen LogP contribution in [0.2, 0.25) is 0 Å². The van der Waals surface area contributed by atoms with Crippen molar-refractivity contribution in [3.8, 4) is 33.6 Å². The zero-order valence-electron chi connectivity index (χ0n) is 15.3. The third kappa shape index (κ3) is 3.10. The molecule has 140 valence electrons. The van der Waals surface area contributed by atoms with Crippen LogP contribution in [0, 0.1) is 5.82 Å². The molecule has 0 aliphatic heterocycles. The number of pyridine rings is 3. The van der Waals surface area contributed by atoms with Gasteiger partial charge >= 0.3 is 0 Å². The summed E-state index contributed by atoms with van der Waals surface area (Å²) in [4.78, 5) is 8.51. The minimum Gasteiger partial charge on any atom is -0.384 e. The van der Waals surface area contributed by atoms with Gasteiger partial charge in [0.05, 0.1) is 11.2 Å². The Bertz CT molecular complexity index is 1310. The topological polar surface area (TPSA) is 69.1 Å². The van der Waals surface area contributed by atoms with E-state index in [1.807, 2.05) is 47.1 Å². The van der Waals surface area contributed by atoms with Crippen molar-refractivity contribution in [2.45, 2.75) is 0 Å². The van der Waals surface area contributed by atoms with Gasteiger partial charge in [0, 0.05) is 35.3 Å². The van der Waals surface area contributed by atoms with Crippen LogP contribution in [0.15, 0.2) is 85.3 Å². The number of aromatic nitrogens is 4. The van der Waals surface area contributed by atoms with Crippen molar-refractivity contribution in [3.05, 3.63) is 91.1 Å². The Kier molecular flexibility index (Phi) is 4.02. The van der Waals surface area contributed by atoms with Crippen LogP contribution < -0.4 is 5.73 Å². The molecule has 0 fully saturated rings. The minimum atomic E-state index is -0.280. The quantitative estimate of drug-likeness (QED) is 0.485. The number of hydrogen-bond donors (Lipinski definition) is 1. The molecule has 0 saturated carbocycles. The molecule has 5 rings (SSSR count). The van der Waals surface area contributed by atoms with Crippen molar-refractivity contribution < 1.29 is 4.39 Å². The van der Waals surface area contributed by atoms with Gasteiger partial charge in [-0.1, -0.05) is 6.07 Å². The number of nitrogens with zero attached hydrogens (tertiary/aromatic N) is 4. The molecule has 0 amide bonds. The highest BCUT2D eigenvalue weighted by atomic mass is 19.1. The second-order valence-corrected chi connectivity index (χ2v) is 6.66. The molecule has 0 unspecified atom stereocenters. The maximum absolute atomic E-state index is 13.5. The van der Waals surface area contributed by atoms with E-state index in [1.54, 1.807) is 30.6 Å². The predicted molar refractivity (Wildman–Crippen MR) is 111 cm³/mol. The molecule has 4 heterocycles. The zero-order valence-corrected chi connectivity index (χ0v) is 15.3. The SMILES string of the molecule is Nc1cccc(-c2ccc3c(-c4ccncc4)c(-c4ccc(F)cc4)nn3c2)n1. The van der Waals surface area contributed by atoms with Gasteiger partial charge in [0.1, 0.15) is 17.3 Å². The van der Waals surface area contributed by atoms with Gasteiger partial charge in [-0.3, -0.25) is 4.98 Å². The maximum atomic E-state index is 13.5. The molecule has 0 saturated heterocycles. The lowest BCUT2D eigenvalue weighted by Crippen LogP contribution is -1.93. The van der Waals surface area contributed by atoms with E-state index in [4.69, 9.17) is 10.8 Å². The fourth-order valence-corrected chi connectivity index (χ4v) is 3.43. The first-order valence-corrected chi connectivity index (χ1v) is 9.11. The first-order chi connectivity index (χ1) is 14.2. The van der Waals surface area contributed by atoms with Crippen LogP contribution in [0.5, 0.6) is 0 Å². The highest BCUT2D eigenvalue weighted by molar-refractivity contribution is 5.92. The Morgan fingerprint density at radius 3 is 2.31 bits per heavy atom. The van der Waals surface area contributed by atoms with Crippen LogP contribution in [0.4, 0.5) is 10.2 Å². The van der Waals surface area contributed by atoms with Crippen LogP contribution in [-0.4, -0.2) is 19.6 Å². The van der Waals surface area contributed by atoms with Crippen LogP contribution in [0.25, 0.3) is 39.2 Å². The minimum absolute atomic E-state index is 0.280. The van der Waals surface area contributed by atoms with E-state index in [0.717, 1.165) is 39.2 Å². The number of nitrogens with two attached hydrogens (primary N) is 1. The molecule has 5 aromatic rings. The Hall–Kier alpha value is -4.06. The zero-order chi connectivity index (χ0) is 19.8. The molecule has 29 heavy (non-hydrogen) atoms. The van der Waals surface area contributed by atoms with Crippen molar-refractivity contribution in [1.29, 1.82) is 0 Å². The second-order valence-electron chi connectivity index (χ2n) is 6.66. The summed E-state index contributed by atoms with van der Waals surface area (Å²) in [6, 6.07) is 19.8. The number of fused-ring (bicyclic) bond motifs is 1. The summed E-state index contributed by atoms with van der Waals surface area (Å²) in [5, 5.41) is 4.81. The Morgan fingerprint density at radius 2 is 1.55 bits per heavy atom. The Morgan fingerprint density at radius 1 is 0.793 bits per heavy atom. The standard InChI is InChI=1S/C23H16FN5/c24-18-7-4-16(5-8-18)23-22(15-10-12-26-13-11-15)20-9-6-17(14-29(20)28-23)19-2-1-3-21(25)27-19/h1-14H,(H2,25,27). The van der Waals surface area contributed by atoms with E-state index in [2.05, 4.69) is 9.97 Å². The number of rotatable bonds is 3. The summed E-state index contributed by atoms with van der Waals surface area (Å²) in [5.41, 5.74) is 12.0. The van der Waals surface area contributed by atoms with Crippen molar-refractivity contribution >= 4 is 11.3 Å². The summed E-state index contributed by atoms with van der Waals surface area (Å²) >= 11 is 0. The Labute approximate surface area is 166 Å². The summed E-state index contributed by atoms with van der Waals surface area (Å²) in [6.45, 7) is 0. The van der Waals surface area contributed by atoms with Gasteiger partial charge in [0.25, 0.3) is 0 Å². The number of benzene rings is 1. The first-order valence-electron chi connectivity index (χ1n) is 9.11. The average Bonchev–Trinajstić information content (AvgIpc) is 3.13. The van der Waals surface area contributed by atoms with Gasteiger partial charge < -0.3 is 5.73 Å². The monoisotopic (exact) mass is 381 g/mol. The lowest BCUT2D eigenvalue weighted by atomic mass is 10.0. The van der Waals surface area contributed by atoms with Crippen molar-refractivity contribution in [3.63, 3.8) is 0 Å². The molecule has 0 aliphatic carbocycles. The number of halogens is 1. The van der Waals surface area contributed by atoms with Gasteiger partial charge in [0.15, 0.2) is 0 Å². The molecule has 4 aromatic heterocycles. The van der Waals surface area contributed by atoms with Crippen molar-refractivity contribution in [2.24, 2.45) is 0 Å². The maximum Gasteiger partial charge on any atom is 0.124 e. The van der Waals surface area contributed by atoms with Gasteiger partial charge in [-0.25, -0.2) is 13.9 Å². The van der Waals surface area contributed by atoms with E-state index in [0.29, 0.717) is 5.82 Å². The highest BCUT2D eigenvalue weighted by Gasteiger charge is 2.17. The summed E-state index contributed by atoms with van der Waals surface area (Å²) in [5.74, 6) is 0.186. The summed E-state index contributed by atoms with van der Waals surface area (Å²) < 4.78 is 15.3. The normalized spacial score (nSPS) is 11.1. The van der Waals surface area contributed by atoms with E-state index in [1.165, 1.54) is 12.1 Å². The molecular weight excluding hydrogens is 365 g/mol. The van der Waals surface area contributed by atoms with Crippen LogP contribution in [-0.2, 0) is 0 Å². The Balaban J connectivity index is 1.75. The van der Waals surface area contributed by atoms with Crippen LogP contribution in [0.3, 0.4) is 0 Å². The number of hydrogen-bond acceptors (Lipinski definition) is 4. The fraction of sp³-hybridized carbons (Fsp3) is 0. The average molecular weight is 381 g/mol. The number of nitrogen functional groups attached to an aromatic ring is 1. The largest absolute Gasteiger partial charge is 0.384 e. The number of anilines is 1. The highest BCUT2D eigenvalue weighted by Crippen LogP contribution is 2.35. The molecule has 0 radical (unpaired) electrons. The molecule has 1 aromatic carbocycles. The van der Waals surface area contributed by atoms with Crippen molar-refractivity contribution in [1.82, 2.24) is 19.6 Å². The van der Waals surface area contributed by atoms with Crippen LogP contribution >= 0.6 is 0 Å². The lowest BCUT2D eigenvalue weighted by molar-refractivity contribution is 0.628. The van der Waals surface area contributed by atoms with Gasteiger partial charge in [-0.05, 0) is 66.2 Å². The molecule has 0 atom stereocenters. The van der Waals surface area contributed by atoms with Crippen molar-refractivity contribution in [2.75, 3.05) is 5.73 Å². The third-order valence-electron chi connectivity index (χ3n) is 4.78. The first kappa shape index (κ1) is 17.1. The molecule has 2 N–H and O–H groups in total. The second kappa shape index (κ2) is 6.83. The van der Waals surface area contributed by atoms with E-state index in [-0.39, 0.29) is 5.82 Å².